The van der Waals surface area contributed by atoms with Crippen LogP contribution in [0.1, 0.15) is 17.5 Å². The van der Waals surface area contributed by atoms with Crippen LogP contribution in [0.15, 0.2) is 28.6 Å². The number of anilines is 1. The average Bonchev–Trinajstić information content (AvgIpc) is 2.89. The van der Waals surface area contributed by atoms with Gasteiger partial charge in [0, 0.05) is 34.8 Å². The molecule has 0 spiro atoms. The normalized spacial score (nSPS) is 10.6. The molecule has 18 heavy (non-hydrogen) atoms. The number of nitrogens with zero attached hydrogens (tertiary/aromatic N) is 1. The number of thiazole rings is 1. The molecule has 0 atom stereocenters. The highest BCUT2D eigenvalue weighted by Gasteiger charge is 2.12. The summed E-state index contributed by atoms with van der Waals surface area (Å²) in [7, 11) is 1.86. The zero-order chi connectivity index (χ0) is 13.0. The molecule has 0 saturated heterocycles. The van der Waals surface area contributed by atoms with Gasteiger partial charge >= 0.3 is 0 Å². The lowest BCUT2D eigenvalue weighted by molar-refractivity contribution is 0.607. The molecule has 2 nitrogen and oxygen atoms in total. The number of halogens is 1. The van der Waals surface area contributed by atoms with Crippen molar-refractivity contribution >= 4 is 28.8 Å². The molecule has 0 amide bonds. The third kappa shape index (κ3) is 2.84. The van der Waals surface area contributed by atoms with Gasteiger partial charge in [-0.3, -0.25) is 0 Å². The molecular formula is C13H15FN2S2. The maximum atomic E-state index is 13.8. The van der Waals surface area contributed by atoms with Crippen molar-refractivity contribution in [2.75, 3.05) is 12.4 Å². The Morgan fingerprint density at radius 3 is 2.89 bits per heavy atom. The van der Waals surface area contributed by atoms with Crippen molar-refractivity contribution < 1.29 is 4.39 Å². The third-order valence-electron chi connectivity index (χ3n) is 2.65. The van der Waals surface area contributed by atoms with Crippen molar-refractivity contribution in [3.8, 4) is 0 Å². The van der Waals surface area contributed by atoms with Crippen molar-refractivity contribution in [3.05, 3.63) is 40.1 Å². The fourth-order valence-corrected chi connectivity index (χ4v) is 3.69. The SMILES string of the molecule is CCc1c(F)ccc(NC)c1SCc1nccs1. The number of benzene rings is 1. The number of hydrogen-bond acceptors (Lipinski definition) is 4. The minimum absolute atomic E-state index is 0.127. The van der Waals surface area contributed by atoms with Gasteiger partial charge in [-0.05, 0) is 18.6 Å². The summed E-state index contributed by atoms with van der Waals surface area (Å²) in [5.41, 5.74) is 1.76. The van der Waals surface area contributed by atoms with Gasteiger partial charge in [0.05, 0.1) is 5.75 Å². The Morgan fingerprint density at radius 2 is 2.28 bits per heavy atom. The third-order valence-corrected chi connectivity index (χ3v) is 4.78. The van der Waals surface area contributed by atoms with Crippen LogP contribution < -0.4 is 5.32 Å². The molecule has 1 heterocycles. The van der Waals surface area contributed by atoms with Gasteiger partial charge in [0.15, 0.2) is 0 Å². The van der Waals surface area contributed by atoms with E-state index in [1.54, 1.807) is 35.4 Å². The van der Waals surface area contributed by atoms with Crippen LogP contribution in [0, 0.1) is 5.82 Å². The van der Waals surface area contributed by atoms with Crippen molar-refractivity contribution in [3.63, 3.8) is 0 Å². The Kier molecular flexibility index (Phi) is 4.60. The topological polar surface area (TPSA) is 24.9 Å². The summed E-state index contributed by atoms with van der Waals surface area (Å²) in [6.07, 6.45) is 2.49. The van der Waals surface area contributed by atoms with Gasteiger partial charge in [-0.15, -0.1) is 23.1 Å². The van der Waals surface area contributed by atoms with Crippen LogP contribution in [0.2, 0.25) is 0 Å². The number of thioether (sulfide) groups is 1. The van der Waals surface area contributed by atoms with E-state index in [0.29, 0.717) is 6.42 Å². The lowest BCUT2D eigenvalue weighted by atomic mass is 10.1. The van der Waals surface area contributed by atoms with Crippen molar-refractivity contribution in [1.82, 2.24) is 4.98 Å². The first-order chi connectivity index (χ1) is 8.76. The fraction of sp³-hybridized carbons (Fsp3) is 0.308. The molecule has 0 fully saturated rings. The molecule has 0 unspecified atom stereocenters. The van der Waals surface area contributed by atoms with Crippen molar-refractivity contribution in [2.45, 2.75) is 24.0 Å². The fourth-order valence-electron chi connectivity index (χ4n) is 1.75. The van der Waals surface area contributed by atoms with E-state index in [0.717, 1.165) is 26.9 Å². The maximum Gasteiger partial charge on any atom is 0.127 e. The van der Waals surface area contributed by atoms with E-state index in [-0.39, 0.29) is 5.82 Å². The maximum absolute atomic E-state index is 13.8. The molecular weight excluding hydrogens is 267 g/mol. The molecule has 1 aromatic heterocycles. The van der Waals surface area contributed by atoms with Crippen LogP contribution in [0.3, 0.4) is 0 Å². The smallest absolute Gasteiger partial charge is 0.127 e. The van der Waals surface area contributed by atoms with Crippen molar-refractivity contribution in [2.24, 2.45) is 0 Å². The highest BCUT2D eigenvalue weighted by molar-refractivity contribution is 7.98. The Bertz CT molecular complexity index is 512. The summed E-state index contributed by atoms with van der Waals surface area (Å²) in [5, 5.41) is 6.15. The predicted molar refractivity (Wildman–Crippen MR) is 77.0 cm³/mol. The summed E-state index contributed by atoms with van der Waals surface area (Å²) in [6, 6.07) is 3.32. The Hall–Kier alpha value is -1.07. The highest BCUT2D eigenvalue weighted by atomic mass is 32.2. The first-order valence-electron chi connectivity index (χ1n) is 5.76. The minimum atomic E-state index is -0.127. The summed E-state index contributed by atoms with van der Waals surface area (Å²) in [6.45, 7) is 1.98. The lowest BCUT2D eigenvalue weighted by Crippen LogP contribution is -1.98. The van der Waals surface area contributed by atoms with E-state index < -0.39 is 0 Å². The summed E-state index contributed by atoms with van der Waals surface area (Å²) in [5.74, 6) is 0.654. The molecule has 2 rings (SSSR count). The zero-order valence-electron chi connectivity index (χ0n) is 10.4. The van der Waals surface area contributed by atoms with Gasteiger partial charge in [-0.1, -0.05) is 6.92 Å². The van der Waals surface area contributed by atoms with Gasteiger partial charge in [-0.2, -0.15) is 0 Å². The quantitative estimate of drug-likeness (QED) is 0.833. The van der Waals surface area contributed by atoms with Gasteiger partial charge in [0.1, 0.15) is 10.8 Å². The largest absolute Gasteiger partial charge is 0.387 e. The monoisotopic (exact) mass is 282 g/mol. The van der Waals surface area contributed by atoms with E-state index in [1.807, 2.05) is 19.4 Å². The van der Waals surface area contributed by atoms with Gasteiger partial charge in [0.2, 0.25) is 0 Å². The standard InChI is InChI=1S/C13H15FN2S2/c1-3-9-10(14)4-5-11(15-2)13(9)18-8-12-16-6-7-17-12/h4-7,15H,3,8H2,1-2H3. The molecule has 0 radical (unpaired) electrons. The predicted octanol–water partition coefficient (Wildman–Crippen LogP) is 4.18. The summed E-state index contributed by atoms with van der Waals surface area (Å²) in [4.78, 5) is 5.24. The zero-order valence-corrected chi connectivity index (χ0v) is 12.0. The van der Waals surface area contributed by atoms with E-state index in [2.05, 4.69) is 10.3 Å². The summed E-state index contributed by atoms with van der Waals surface area (Å²) >= 11 is 3.27. The van der Waals surface area contributed by atoms with Gasteiger partial charge < -0.3 is 5.32 Å². The second-order valence-electron chi connectivity index (χ2n) is 3.72. The minimum Gasteiger partial charge on any atom is -0.387 e. The molecule has 2 aromatic rings. The molecule has 5 heteroatoms. The van der Waals surface area contributed by atoms with Crippen molar-refractivity contribution in [1.29, 1.82) is 0 Å². The van der Waals surface area contributed by atoms with E-state index in [9.17, 15) is 4.39 Å². The van der Waals surface area contributed by atoms with E-state index in [1.165, 1.54) is 6.07 Å². The number of aromatic nitrogens is 1. The van der Waals surface area contributed by atoms with Crippen LogP contribution >= 0.6 is 23.1 Å². The highest BCUT2D eigenvalue weighted by Crippen LogP contribution is 2.35. The first kappa shape index (κ1) is 13.4. The van der Waals surface area contributed by atoms with Gasteiger partial charge in [-0.25, -0.2) is 9.37 Å². The Labute approximate surface area is 115 Å². The number of hydrogen-bond donors (Lipinski definition) is 1. The van der Waals surface area contributed by atoms with Crippen LogP contribution in [-0.2, 0) is 12.2 Å². The van der Waals surface area contributed by atoms with Crippen LogP contribution in [-0.4, -0.2) is 12.0 Å². The molecule has 0 bridgehead atoms. The average molecular weight is 282 g/mol. The molecule has 0 aliphatic heterocycles. The van der Waals surface area contributed by atoms with E-state index in [4.69, 9.17) is 0 Å². The second kappa shape index (κ2) is 6.20. The van der Waals surface area contributed by atoms with Crippen LogP contribution in [0.25, 0.3) is 0 Å². The molecule has 1 aromatic carbocycles. The van der Waals surface area contributed by atoms with Gasteiger partial charge in [0.25, 0.3) is 0 Å². The number of rotatable bonds is 5. The molecule has 0 aliphatic rings. The lowest BCUT2D eigenvalue weighted by Gasteiger charge is -2.13. The summed E-state index contributed by atoms with van der Waals surface area (Å²) < 4.78 is 13.8. The second-order valence-corrected chi connectivity index (χ2v) is 5.69. The molecule has 0 aliphatic carbocycles. The Balaban J connectivity index is 2.26. The molecule has 0 saturated carbocycles. The number of nitrogens with one attached hydrogen (secondary N) is 1. The van der Waals surface area contributed by atoms with E-state index >= 15 is 0 Å². The first-order valence-corrected chi connectivity index (χ1v) is 7.63. The Morgan fingerprint density at radius 1 is 1.44 bits per heavy atom. The van der Waals surface area contributed by atoms with Crippen LogP contribution in [0.5, 0.6) is 0 Å². The van der Waals surface area contributed by atoms with Crippen LogP contribution in [0.4, 0.5) is 10.1 Å². The molecule has 96 valence electrons. The molecule has 1 N–H and O–H groups in total.